The van der Waals surface area contributed by atoms with Gasteiger partial charge in [0.2, 0.25) is 5.69 Å². The van der Waals surface area contributed by atoms with E-state index < -0.39 is 17.6 Å². The number of para-hydroxylation sites is 2. The van der Waals surface area contributed by atoms with Crippen molar-refractivity contribution in [3.63, 3.8) is 0 Å². The standard InChI is InChI=1S/C24H14F4N2/c25-20-10-9-14(11-19(20)24(26,27)28)23(17-12-29-21-7-3-1-5-15(17)21)18-13-30-22-8-4-2-6-16(18)22/h1-13,29H/p+1. The van der Waals surface area contributed by atoms with Crippen molar-refractivity contribution in [2.75, 3.05) is 0 Å². The molecule has 6 heteroatoms. The van der Waals surface area contributed by atoms with E-state index in [4.69, 9.17) is 0 Å². The molecule has 1 aliphatic rings. The van der Waals surface area contributed by atoms with E-state index >= 15 is 0 Å². The molecule has 0 radical (unpaired) electrons. The molecule has 0 bridgehead atoms. The summed E-state index contributed by atoms with van der Waals surface area (Å²) in [5, 5.41) is 0.871. The average molecular weight is 407 g/mol. The molecule has 0 saturated heterocycles. The van der Waals surface area contributed by atoms with Gasteiger partial charge >= 0.3 is 6.18 Å². The summed E-state index contributed by atoms with van der Waals surface area (Å²) in [5.74, 6) is -1.29. The van der Waals surface area contributed by atoms with Crippen LogP contribution in [0.2, 0.25) is 0 Å². The van der Waals surface area contributed by atoms with Gasteiger partial charge in [0, 0.05) is 34.3 Å². The van der Waals surface area contributed by atoms with Crippen LogP contribution in [0.1, 0.15) is 22.3 Å². The first-order valence-corrected chi connectivity index (χ1v) is 9.30. The highest BCUT2D eigenvalue weighted by atomic mass is 19.4. The second-order valence-corrected chi connectivity index (χ2v) is 7.06. The smallest absolute Gasteiger partial charge is 0.361 e. The maximum Gasteiger partial charge on any atom is 0.419 e. The van der Waals surface area contributed by atoms with Crippen LogP contribution in [0.4, 0.5) is 23.2 Å². The minimum atomic E-state index is -4.79. The summed E-state index contributed by atoms with van der Waals surface area (Å²) in [4.78, 5) is 6.35. The molecular weight excluding hydrogens is 392 g/mol. The molecule has 0 amide bonds. The van der Waals surface area contributed by atoms with Gasteiger partial charge in [0.15, 0.2) is 6.21 Å². The third kappa shape index (κ3) is 2.92. The lowest BCUT2D eigenvalue weighted by Gasteiger charge is -2.14. The first-order chi connectivity index (χ1) is 14.4. The number of aromatic amines is 1. The van der Waals surface area contributed by atoms with Gasteiger partial charge < -0.3 is 4.98 Å². The average Bonchev–Trinajstić information content (AvgIpc) is 3.34. The molecule has 3 aromatic carbocycles. The zero-order chi connectivity index (χ0) is 20.9. The van der Waals surface area contributed by atoms with Crippen LogP contribution in [0.15, 0.2) is 72.9 Å². The Morgan fingerprint density at radius 2 is 1.67 bits per heavy atom. The molecule has 4 aromatic rings. The molecule has 2 nitrogen and oxygen atoms in total. The predicted molar refractivity (Wildman–Crippen MR) is 109 cm³/mol. The van der Waals surface area contributed by atoms with Crippen molar-refractivity contribution in [3.8, 4) is 0 Å². The van der Waals surface area contributed by atoms with E-state index in [2.05, 4.69) is 9.98 Å². The van der Waals surface area contributed by atoms with E-state index in [1.54, 1.807) is 12.4 Å². The molecule has 5 rings (SSSR count). The number of H-pyrrole nitrogens is 1. The van der Waals surface area contributed by atoms with Crippen molar-refractivity contribution in [3.05, 3.63) is 101 Å². The predicted octanol–water partition coefficient (Wildman–Crippen LogP) is 5.08. The highest BCUT2D eigenvalue weighted by molar-refractivity contribution is 6.24. The van der Waals surface area contributed by atoms with Gasteiger partial charge in [0.25, 0.3) is 0 Å². The van der Waals surface area contributed by atoms with Gasteiger partial charge in [-0.05, 0) is 29.8 Å². The fourth-order valence-corrected chi connectivity index (χ4v) is 3.91. The summed E-state index contributed by atoms with van der Waals surface area (Å²) < 4.78 is 54.2. The van der Waals surface area contributed by atoms with Gasteiger partial charge in [-0.3, -0.25) is 0 Å². The molecule has 0 atom stereocenters. The Balaban J connectivity index is 1.85. The molecule has 2 heterocycles. The number of halogens is 4. The Morgan fingerprint density at radius 3 is 2.50 bits per heavy atom. The number of fused-ring (bicyclic) bond motifs is 2. The lowest BCUT2D eigenvalue weighted by atomic mass is 9.89. The van der Waals surface area contributed by atoms with E-state index in [0.717, 1.165) is 45.4 Å². The first-order valence-electron chi connectivity index (χ1n) is 9.30. The van der Waals surface area contributed by atoms with Gasteiger partial charge in [0.05, 0.1) is 16.7 Å². The first kappa shape index (κ1) is 18.4. The largest absolute Gasteiger partial charge is 0.419 e. The molecule has 1 aliphatic heterocycles. The molecule has 2 N–H and O–H groups in total. The third-order valence-corrected chi connectivity index (χ3v) is 5.28. The molecule has 0 spiro atoms. The quantitative estimate of drug-likeness (QED) is 0.434. The third-order valence-electron chi connectivity index (χ3n) is 5.28. The number of benzene rings is 3. The van der Waals surface area contributed by atoms with Gasteiger partial charge in [-0.2, -0.15) is 13.2 Å². The maximum absolute atomic E-state index is 14.0. The molecule has 30 heavy (non-hydrogen) atoms. The molecular formula is C24H15F4N2+. The highest BCUT2D eigenvalue weighted by Crippen LogP contribution is 2.40. The number of nitrogens with one attached hydrogen (secondary N) is 2. The van der Waals surface area contributed by atoms with Crippen LogP contribution < -0.4 is 4.99 Å². The summed E-state index contributed by atoms with van der Waals surface area (Å²) in [6, 6.07) is 18.3. The van der Waals surface area contributed by atoms with E-state index in [1.807, 2.05) is 48.5 Å². The van der Waals surface area contributed by atoms with Gasteiger partial charge in [-0.1, -0.05) is 36.4 Å². The number of hydrogen-bond acceptors (Lipinski definition) is 0. The zero-order valence-electron chi connectivity index (χ0n) is 15.5. The molecule has 0 fully saturated rings. The zero-order valence-corrected chi connectivity index (χ0v) is 15.5. The van der Waals surface area contributed by atoms with E-state index in [1.165, 1.54) is 6.07 Å². The molecule has 0 unspecified atom stereocenters. The normalized spacial score (nSPS) is 14.9. The maximum atomic E-state index is 14.0. The minimum absolute atomic E-state index is 0.290. The Labute approximate surface area is 169 Å². The van der Waals surface area contributed by atoms with Gasteiger partial charge in [-0.25, -0.2) is 9.38 Å². The van der Waals surface area contributed by atoms with Crippen LogP contribution in [0.5, 0.6) is 0 Å². The molecule has 0 aliphatic carbocycles. The second kappa shape index (κ2) is 6.69. The number of rotatable bonds is 2. The second-order valence-electron chi connectivity index (χ2n) is 7.06. The monoisotopic (exact) mass is 407 g/mol. The molecule has 148 valence electrons. The summed E-state index contributed by atoms with van der Waals surface area (Å²) in [7, 11) is 0. The lowest BCUT2D eigenvalue weighted by Crippen LogP contribution is -2.58. The SMILES string of the molecule is Fc1ccc(C(=C2C=[NH+]c3ccccc32)c2c[nH]c3ccccc23)cc1C(F)(F)F. The van der Waals surface area contributed by atoms with E-state index in [9.17, 15) is 17.6 Å². The summed E-state index contributed by atoms with van der Waals surface area (Å²) in [5.41, 5.74) is 3.69. The van der Waals surface area contributed by atoms with Gasteiger partial charge in [0.1, 0.15) is 5.82 Å². The fourth-order valence-electron chi connectivity index (χ4n) is 3.91. The Bertz CT molecular complexity index is 1340. The van der Waals surface area contributed by atoms with Crippen LogP contribution in [0, 0.1) is 5.82 Å². The summed E-state index contributed by atoms with van der Waals surface area (Å²) >= 11 is 0. The summed E-state index contributed by atoms with van der Waals surface area (Å²) in [6.07, 6.45) is -1.23. The molecule has 1 aromatic heterocycles. The minimum Gasteiger partial charge on any atom is -0.361 e. The lowest BCUT2D eigenvalue weighted by molar-refractivity contribution is -0.342. The van der Waals surface area contributed by atoms with Crippen LogP contribution in [0.25, 0.3) is 22.0 Å². The van der Waals surface area contributed by atoms with Crippen LogP contribution in [-0.4, -0.2) is 11.2 Å². The van der Waals surface area contributed by atoms with Crippen molar-refractivity contribution in [2.24, 2.45) is 0 Å². The van der Waals surface area contributed by atoms with E-state index in [-0.39, 0.29) is 0 Å². The van der Waals surface area contributed by atoms with Crippen LogP contribution in [0.3, 0.4) is 0 Å². The van der Waals surface area contributed by atoms with Crippen molar-refractivity contribution in [1.82, 2.24) is 4.98 Å². The number of aromatic nitrogens is 1. The fraction of sp³-hybridized carbons (Fsp3) is 0.0417. The van der Waals surface area contributed by atoms with Crippen LogP contribution in [-0.2, 0) is 6.18 Å². The van der Waals surface area contributed by atoms with Crippen molar-refractivity contribution in [2.45, 2.75) is 6.18 Å². The Morgan fingerprint density at radius 1 is 0.900 bits per heavy atom. The Hall–Kier alpha value is -3.67. The molecule has 0 saturated carbocycles. The van der Waals surface area contributed by atoms with Crippen LogP contribution >= 0.6 is 0 Å². The number of allylic oxidation sites excluding steroid dienone is 1. The highest BCUT2D eigenvalue weighted by Gasteiger charge is 2.35. The topological polar surface area (TPSA) is 29.8 Å². The number of alkyl halides is 3. The number of hydrogen-bond donors (Lipinski definition) is 2. The van der Waals surface area contributed by atoms with Crippen molar-refractivity contribution >= 4 is 34.0 Å². The Kier molecular flexibility index (Phi) is 4.10. The summed E-state index contributed by atoms with van der Waals surface area (Å²) in [6.45, 7) is 0. The van der Waals surface area contributed by atoms with Crippen molar-refractivity contribution in [1.29, 1.82) is 0 Å². The van der Waals surface area contributed by atoms with Gasteiger partial charge in [-0.15, -0.1) is 0 Å². The van der Waals surface area contributed by atoms with E-state index in [0.29, 0.717) is 11.1 Å². The van der Waals surface area contributed by atoms with Crippen molar-refractivity contribution < 1.29 is 22.6 Å².